The summed E-state index contributed by atoms with van der Waals surface area (Å²) in [7, 11) is 0. The lowest BCUT2D eigenvalue weighted by Gasteiger charge is -2.13. The van der Waals surface area contributed by atoms with Gasteiger partial charge in [0.25, 0.3) is 3.79 Å². The molecule has 0 aliphatic carbocycles. The molecule has 0 saturated heterocycles. The zero-order valence-corrected chi connectivity index (χ0v) is 10.7. The summed E-state index contributed by atoms with van der Waals surface area (Å²) in [5, 5.41) is 27.4. The summed E-state index contributed by atoms with van der Waals surface area (Å²) in [5.74, 6) is -0.778. The quantitative estimate of drug-likeness (QED) is 0.492. The van der Waals surface area contributed by atoms with Gasteiger partial charge in [-0.15, -0.1) is 0 Å². The van der Waals surface area contributed by atoms with Crippen molar-refractivity contribution < 1.29 is 20.1 Å². The Hall–Kier alpha value is -0.300. The van der Waals surface area contributed by atoms with E-state index in [2.05, 4.69) is 4.98 Å². The Morgan fingerprint density at radius 2 is 2.00 bits per heavy atom. The molecule has 0 saturated carbocycles. The lowest BCUT2D eigenvalue weighted by molar-refractivity contribution is -0.0152. The van der Waals surface area contributed by atoms with Gasteiger partial charge in [0, 0.05) is 11.8 Å². The van der Waals surface area contributed by atoms with Crippen molar-refractivity contribution >= 4 is 40.6 Å². The average Bonchev–Trinajstić information content (AvgIpc) is 2.73. The van der Waals surface area contributed by atoms with Crippen molar-refractivity contribution in [3.8, 4) is 0 Å². The molecule has 2 atom stereocenters. The van der Waals surface area contributed by atoms with Gasteiger partial charge in [0.15, 0.2) is 0 Å². The Labute approximate surface area is 112 Å². The number of aromatic amines is 1. The molecule has 2 unspecified atom stereocenters. The van der Waals surface area contributed by atoms with Crippen LogP contribution in [-0.4, -0.2) is 42.6 Å². The van der Waals surface area contributed by atoms with Gasteiger partial charge in [0.05, 0.1) is 12.3 Å². The number of aliphatic hydroxyl groups is 3. The van der Waals surface area contributed by atoms with Crippen LogP contribution in [0.1, 0.15) is 22.2 Å². The normalized spacial score (nSPS) is 15.6. The monoisotopic (exact) mass is 301 g/mol. The second-order valence-corrected chi connectivity index (χ2v) is 5.65. The van der Waals surface area contributed by atoms with Crippen LogP contribution in [0.2, 0.25) is 0 Å². The van der Waals surface area contributed by atoms with Crippen LogP contribution in [-0.2, 0) is 0 Å². The number of aromatic nitrogens is 1. The molecule has 0 bridgehead atoms. The van der Waals surface area contributed by atoms with Gasteiger partial charge in [-0.2, -0.15) is 0 Å². The first kappa shape index (κ1) is 14.8. The second kappa shape index (κ2) is 5.56. The number of nitrogens with one attached hydrogen (secondary N) is 1. The number of halogens is 3. The predicted octanol–water partition coefficient (Wildman–Crippen LogP) is 0.954. The van der Waals surface area contributed by atoms with E-state index in [4.69, 9.17) is 39.9 Å². The number of H-pyrrole nitrogens is 1. The molecule has 0 spiro atoms. The Morgan fingerprint density at radius 1 is 1.41 bits per heavy atom. The van der Waals surface area contributed by atoms with E-state index in [0.717, 1.165) is 0 Å². The van der Waals surface area contributed by atoms with E-state index in [-0.39, 0.29) is 11.3 Å². The summed E-state index contributed by atoms with van der Waals surface area (Å²) in [6, 6.07) is 1.24. The van der Waals surface area contributed by atoms with Crippen molar-refractivity contribution in [2.24, 2.45) is 0 Å². The molecule has 0 aliphatic heterocycles. The van der Waals surface area contributed by atoms with E-state index < -0.39 is 28.4 Å². The summed E-state index contributed by atoms with van der Waals surface area (Å²) in [6.07, 6.45) is -1.39. The number of aliphatic hydroxyl groups excluding tert-OH is 3. The van der Waals surface area contributed by atoms with Crippen LogP contribution in [0.4, 0.5) is 0 Å². The van der Waals surface area contributed by atoms with Gasteiger partial charge >= 0.3 is 0 Å². The summed E-state index contributed by atoms with van der Waals surface area (Å²) in [5.41, 5.74) is 0.202. The summed E-state index contributed by atoms with van der Waals surface area (Å²) in [6.45, 7) is -0.611. The molecular formula is C9H10Cl3NO4. The minimum atomic E-state index is -2.09. The molecule has 96 valence electrons. The molecule has 4 N–H and O–H groups in total. The zero-order chi connectivity index (χ0) is 13.2. The number of alkyl halides is 3. The number of carbonyl (C=O) groups excluding carboxylic acids is 1. The lowest BCUT2D eigenvalue weighted by atomic mass is 10.1. The van der Waals surface area contributed by atoms with Gasteiger partial charge < -0.3 is 20.3 Å². The zero-order valence-electron chi connectivity index (χ0n) is 8.40. The van der Waals surface area contributed by atoms with Gasteiger partial charge in [-0.1, -0.05) is 34.8 Å². The Morgan fingerprint density at radius 3 is 2.47 bits per heavy atom. The third-order valence-corrected chi connectivity index (χ3v) is 2.62. The van der Waals surface area contributed by atoms with Crippen LogP contribution in [0, 0.1) is 0 Å². The fourth-order valence-electron chi connectivity index (χ4n) is 1.19. The molecule has 8 heteroatoms. The van der Waals surface area contributed by atoms with Crippen LogP contribution in [0.15, 0.2) is 12.3 Å². The molecule has 1 aromatic heterocycles. The minimum absolute atomic E-state index is 0.0100. The molecule has 0 aliphatic rings. The third-order valence-electron chi connectivity index (χ3n) is 2.10. The first-order valence-electron chi connectivity index (χ1n) is 4.54. The van der Waals surface area contributed by atoms with E-state index in [1.54, 1.807) is 0 Å². The molecule has 0 radical (unpaired) electrons. The van der Waals surface area contributed by atoms with Crippen LogP contribution in [0.3, 0.4) is 0 Å². The van der Waals surface area contributed by atoms with Crippen LogP contribution in [0.25, 0.3) is 0 Å². The van der Waals surface area contributed by atoms with E-state index in [1.807, 2.05) is 0 Å². The predicted molar refractivity (Wildman–Crippen MR) is 63.5 cm³/mol. The second-order valence-electron chi connectivity index (χ2n) is 3.37. The van der Waals surface area contributed by atoms with Crippen molar-refractivity contribution in [1.29, 1.82) is 0 Å². The fourth-order valence-corrected chi connectivity index (χ4v) is 1.49. The number of carbonyl (C=O) groups is 1. The van der Waals surface area contributed by atoms with E-state index >= 15 is 0 Å². The van der Waals surface area contributed by atoms with E-state index in [0.29, 0.717) is 0 Å². The van der Waals surface area contributed by atoms with Crippen LogP contribution < -0.4 is 0 Å². The maximum atomic E-state index is 11.5. The van der Waals surface area contributed by atoms with Crippen molar-refractivity contribution in [2.75, 3.05) is 6.61 Å². The molecule has 1 aromatic rings. The molecule has 0 fully saturated rings. The van der Waals surface area contributed by atoms with Gasteiger partial charge in [-0.05, 0) is 6.07 Å². The molecule has 1 heterocycles. The highest BCUT2D eigenvalue weighted by molar-refractivity contribution is 6.77. The van der Waals surface area contributed by atoms with Crippen molar-refractivity contribution in [2.45, 2.75) is 16.0 Å². The first-order chi connectivity index (χ1) is 7.77. The Kier molecular flexibility index (Phi) is 4.83. The lowest BCUT2D eigenvalue weighted by Crippen LogP contribution is -2.22. The molecule has 1 rings (SSSR count). The van der Waals surface area contributed by atoms with E-state index in [1.165, 1.54) is 12.3 Å². The van der Waals surface area contributed by atoms with Crippen molar-refractivity contribution in [1.82, 2.24) is 4.98 Å². The van der Waals surface area contributed by atoms with E-state index in [9.17, 15) is 15.0 Å². The number of ketones is 1. The number of rotatable bonds is 4. The average molecular weight is 303 g/mol. The van der Waals surface area contributed by atoms with Crippen molar-refractivity contribution in [3.05, 3.63) is 23.5 Å². The Balaban J connectivity index is 2.89. The highest BCUT2D eigenvalue weighted by Crippen LogP contribution is 2.31. The highest BCUT2D eigenvalue weighted by Gasteiger charge is 2.33. The molecule has 5 nitrogen and oxygen atoms in total. The van der Waals surface area contributed by atoms with Gasteiger partial charge in [0.2, 0.25) is 5.78 Å². The van der Waals surface area contributed by atoms with Gasteiger partial charge in [0.1, 0.15) is 12.2 Å². The summed E-state index contributed by atoms with van der Waals surface area (Å²) >= 11 is 16.2. The number of hydrogen-bond donors (Lipinski definition) is 4. The molecule has 0 aromatic carbocycles. The molecule has 0 amide bonds. The van der Waals surface area contributed by atoms with Gasteiger partial charge in [-0.25, -0.2) is 0 Å². The maximum absolute atomic E-state index is 11.5. The topological polar surface area (TPSA) is 93.6 Å². The number of hydrogen-bond acceptors (Lipinski definition) is 4. The standard InChI is InChI=1S/C9H10Cl3NO4/c10-9(11,12)8(17)5-1-4(2-13-5)7(16)6(15)3-14/h1-2,6-7,13-16H,3H2. The van der Waals surface area contributed by atoms with Crippen LogP contribution >= 0.6 is 34.8 Å². The molecule has 17 heavy (non-hydrogen) atoms. The summed E-state index contributed by atoms with van der Waals surface area (Å²) < 4.78 is -2.09. The SMILES string of the molecule is O=C(c1cc(C(O)C(O)CO)c[nH]1)C(Cl)(Cl)Cl. The first-order valence-corrected chi connectivity index (χ1v) is 5.67. The minimum Gasteiger partial charge on any atom is -0.394 e. The maximum Gasteiger partial charge on any atom is 0.254 e. The molecular weight excluding hydrogens is 292 g/mol. The summed E-state index contributed by atoms with van der Waals surface area (Å²) in [4.78, 5) is 14.0. The highest BCUT2D eigenvalue weighted by atomic mass is 35.6. The Bertz CT molecular complexity index is 401. The largest absolute Gasteiger partial charge is 0.394 e. The fraction of sp³-hybridized carbons (Fsp3) is 0.444. The van der Waals surface area contributed by atoms with Crippen LogP contribution in [0.5, 0.6) is 0 Å². The number of Topliss-reactive ketones (excluding diaryl/α,β-unsaturated/α-hetero) is 1. The smallest absolute Gasteiger partial charge is 0.254 e. The third kappa shape index (κ3) is 3.58. The van der Waals surface area contributed by atoms with Crippen molar-refractivity contribution in [3.63, 3.8) is 0 Å². The van der Waals surface area contributed by atoms with Gasteiger partial charge in [-0.3, -0.25) is 4.79 Å².